The van der Waals surface area contributed by atoms with E-state index in [-0.39, 0.29) is 11.4 Å². The molecular formula is C31H24N6O4. The van der Waals surface area contributed by atoms with E-state index in [1.807, 2.05) is 74.5 Å². The van der Waals surface area contributed by atoms with Gasteiger partial charge in [-0.2, -0.15) is 10.2 Å². The number of hydrogen-bond acceptors (Lipinski definition) is 9. The van der Waals surface area contributed by atoms with E-state index in [1.165, 1.54) is 0 Å². The van der Waals surface area contributed by atoms with Gasteiger partial charge in [0.15, 0.2) is 11.4 Å². The molecule has 5 aromatic rings. The Morgan fingerprint density at radius 1 is 0.585 bits per heavy atom. The fourth-order valence-electron chi connectivity index (χ4n) is 3.99. The van der Waals surface area contributed by atoms with Gasteiger partial charge in [-0.15, -0.1) is 20.5 Å². The number of aryl methyl sites for hydroxylation is 2. The lowest BCUT2D eigenvalue weighted by atomic mass is 10.1. The number of azo groups is 3. The first-order valence-corrected chi connectivity index (χ1v) is 12.5. The molecule has 0 saturated heterocycles. The molecule has 0 aliphatic carbocycles. The first kappa shape index (κ1) is 26.8. The fraction of sp³-hybridized carbons (Fsp3) is 0.0645. The van der Waals surface area contributed by atoms with Crippen LogP contribution in [-0.4, -0.2) is 21.3 Å². The predicted octanol–water partition coefficient (Wildman–Crippen LogP) is 9.81. The van der Waals surface area contributed by atoms with Gasteiger partial charge < -0.3 is 15.3 Å². The minimum Gasteiger partial charge on any atom is -0.505 e. The van der Waals surface area contributed by atoms with Gasteiger partial charge in [-0.25, -0.2) is 4.79 Å². The number of aromatic carboxylic acids is 1. The molecule has 10 nitrogen and oxygen atoms in total. The highest BCUT2D eigenvalue weighted by atomic mass is 16.4. The summed E-state index contributed by atoms with van der Waals surface area (Å²) in [4.78, 5) is 11.8. The highest BCUT2D eigenvalue weighted by molar-refractivity contribution is 6.00. The second kappa shape index (κ2) is 11.5. The predicted molar refractivity (Wildman–Crippen MR) is 156 cm³/mol. The molecule has 202 valence electrons. The first-order chi connectivity index (χ1) is 19.8. The largest absolute Gasteiger partial charge is 0.505 e. The van der Waals surface area contributed by atoms with Crippen molar-refractivity contribution in [3.8, 4) is 11.5 Å². The fourth-order valence-corrected chi connectivity index (χ4v) is 3.99. The van der Waals surface area contributed by atoms with E-state index >= 15 is 0 Å². The van der Waals surface area contributed by atoms with Crippen LogP contribution in [0.2, 0.25) is 0 Å². The molecule has 10 heteroatoms. The standard InChI is InChI=1S/C31H24N6O4/c1-18-7-11-20(12-8-18)32-34-25-15-16-26(23-6-4-3-5-22(23)25)35-37-29-27(38)17-24(31(40)41)28(30(29)39)36-33-21-13-9-19(2)10-14-21/h3-17,38-39H,1-2H3,(H,40,41). The highest BCUT2D eigenvalue weighted by Gasteiger charge is 2.22. The molecular weight excluding hydrogens is 520 g/mol. The van der Waals surface area contributed by atoms with Crippen molar-refractivity contribution in [3.63, 3.8) is 0 Å². The van der Waals surface area contributed by atoms with Crippen LogP contribution in [0.5, 0.6) is 11.5 Å². The molecule has 0 heterocycles. The Balaban J connectivity index is 1.52. The van der Waals surface area contributed by atoms with Crippen LogP contribution in [0.25, 0.3) is 10.8 Å². The van der Waals surface area contributed by atoms with Gasteiger partial charge in [0.25, 0.3) is 0 Å². The van der Waals surface area contributed by atoms with Crippen molar-refractivity contribution in [1.29, 1.82) is 0 Å². The van der Waals surface area contributed by atoms with Gasteiger partial charge >= 0.3 is 5.97 Å². The van der Waals surface area contributed by atoms with Crippen LogP contribution < -0.4 is 0 Å². The van der Waals surface area contributed by atoms with Crippen LogP contribution in [0.3, 0.4) is 0 Å². The van der Waals surface area contributed by atoms with Gasteiger partial charge in [0.1, 0.15) is 11.4 Å². The molecule has 0 unspecified atom stereocenters. The Kier molecular flexibility index (Phi) is 7.55. The summed E-state index contributed by atoms with van der Waals surface area (Å²) in [5, 5.41) is 57.5. The normalized spacial score (nSPS) is 11.8. The Labute approximate surface area is 234 Å². The average Bonchev–Trinajstić information content (AvgIpc) is 2.97. The number of phenolic OH excluding ortho intramolecular Hbond substituents is 2. The maximum absolute atomic E-state index is 11.8. The molecule has 0 aromatic heterocycles. The van der Waals surface area contributed by atoms with E-state index < -0.39 is 23.0 Å². The number of carbonyl (C=O) groups is 1. The molecule has 5 rings (SSSR count). The molecule has 3 N–H and O–H groups in total. The zero-order valence-electron chi connectivity index (χ0n) is 22.1. The molecule has 0 bridgehead atoms. The summed E-state index contributed by atoms with van der Waals surface area (Å²) in [6, 6.07) is 26.5. The van der Waals surface area contributed by atoms with Crippen LogP contribution >= 0.6 is 0 Å². The van der Waals surface area contributed by atoms with Crippen molar-refractivity contribution in [2.45, 2.75) is 13.8 Å². The van der Waals surface area contributed by atoms with Crippen LogP contribution in [0.1, 0.15) is 21.5 Å². The van der Waals surface area contributed by atoms with E-state index in [0.717, 1.165) is 28.3 Å². The van der Waals surface area contributed by atoms with Gasteiger partial charge in [-0.1, -0.05) is 59.7 Å². The molecule has 5 aromatic carbocycles. The summed E-state index contributed by atoms with van der Waals surface area (Å²) in [5.74, 6) is -2.65. The summed E-state index contributed by atoms with van der Waals surface area (Å²) in [6.07, 6.45) is 0. The quantitative estimate of drug-likeness (QED) is 0.175. The summed E-state index contributed by atoms with van der Waals surface area (Å²) in [7, 11) is 0. The summed E-state index contributed by atoms with van der Waals surface area (Å²) >= 11 is 0. The summed E-state index contributed by atoms with van der Waals surface area (Å²) < 4.78 is 0. The molecule has 0 saturated carbocycles. The van der Waals surface area contributed by atoms with Crippen LogP contribution in [-0.2, 0) is 0 Å². The third-order valence-corrected chi connectivity index (χ3v) is 6.20. The van der Waals surface area contributed by atoms with Crippen LogP contribution in [0.15, 0.2) is 122 Å². The maximum Gasteiger partial charge on any atom is 0.338 e. The van der Waals surface area contributed by atoms with Gasteiger partial charge in [0.2, 0.25) is 0 Å². The second-order valence-electron chi connectivity index (χ2n) is 9.21. The zero-order chi connectivity index (χ0) is 28.9. The molecule has 41 heavy (non-hydrogen) atoms. The second-order valence-corrected chi connectivity index (χ2v) is 9.21. The van der Waals surface area contributed by atoms with Gasteiger partial charge in [0.05, 0.1) is 28.3 Å². The van der Waals surface area contributed by atoms with Crippen molar-refractivity contribution >= 4 is 50.9 Å². The number of carboxylic acid groups (broad SMARTS) is 1. The monoisotopic (exact) mass is 544 g/mol. The minimum absolute atomic E-state index is 0.347. The number of fused-ring (bicyclic) bond motifs is 1. The first-order valence-electron chi connectivity index (χ1n) is 12.5. The molecule has 0 spiro atoms. The zero-order valence-corrected chi connectivity index (χ0v) is 22.1. The van der Waals surface area contributed by atoms with E-state index in [2.05, 4.69) is 30.7 Å². The Morgan fingerprint density at radius 3 is 1.56 bits per heavy atom. The highest BCUT2D eigenvalue weighted by Crippen LogP contribution is 2.47. The number of benzene rings is 5. The average molecular weight is 545 g/mol. The number of hydrogen-bond donors (Lipinski definition) is 3. The summed E-state index contributed by atoms with van der Waals surface area (Å²) in [5.41, 5.74) is 3.21. The number of aromatic hydroxyl groups is 2. The van der Waals surface area contributed by atoms with Crippen molar-refractivity contribution in [3.05, 3.63) is 108 Å². The van der Waals surface area contributed by atoms with E-state index in [1.54, 1.807) is 24.3 Å². The van der Waals surface area contributed by atoms with Gasteiger partial charge in [-0.05, 0) is 56.3 Å². The number of rotatable bonds is 7. The van der Waals surface area contributed by atoms with Crippen molar-refractivity contribution in [2.24, 2.45) is 30.7 Å². The molecule has 0 aliphatic heterocycles. The smallest absolute Gasteiger partial charge is 0.338 e. The lowest BCUT2D eigenvalue weighted by Crippen LogP contribution is -1.96. The lowest BCUT2D eigenvalue weighted by molar-refractivity contribution is 0.0697. The topological polar surface area (TPSA) is 152 Å². The number of nitrogens with zero attached hydrogens (tertiary/aromatic N) is 6. The maximum atomic E-state index is 11.8. The Morgan fingerprint density at radius 2 is 1.05 bits per heavy atom. The van der Waals surface area contributed by atoms with Crippen LogP contribution in [0, 0.1) is 13.8 Å². The molecule has 0 amide bonds. The number of carboxylic acids is 1. The van der Waals surface area contributed by atoms with Gasteiger partial charge in [-0.3, -0.25) is 0 Å². The summed E-state index contributed by atoms with van der Waals surface area (Å²) in [6.45, 7) is 3.91. The van der Waals surface area contributed by atoms with Crippen molar-refractivity contribution in [2.75, 3.05) is 0 Å². The molecule has 0 aliphatic rings. The molecule has 0 fully saturated rings. The van der Waals surface area contributed by atoms with Crippen molar-refractivity contribution in [1.82, 2.24) is 0 Å². The SMILES string of the molecule is Cc1ccc(N=Nc2c(C(=O)O)cc(O)c(N=Nc3ccc(N=Nc4ccc(C)cc4)c4ccccc34)c2O)cc1. The lowest BCUT2D eigenvalue weighted by Gasteiger charge is -2.08. The minimum atomic E-state index is -1.40. The third-order valence-electron chi connectivity index (χ3n) is 6.20. The Hall–Kier alpha value is -5.77. The molecule has 0 radical (unpaired) electrons. The number of phenols is 2. The molecule has 0 atom stereocenters. The van der Waals surface area contributed by atoms with Gasteiger partial charge in [0, 0.05) is 10.8 Å². The third kappa shape index (κ3) is 5.96. The van der Waals surface area contributed by atoms with E-state index in [9.17, 15) is 20.1 Å². The van der Waals surface area contributed by atoms with Crippen LogP contribution in [0.4, 0.5) is 34.1 Å². The van der Waals surface area contributed by atoms with E-state index in [4.69, 9.17) is 0 Å². The Bertz CT molecular complexity index is 1850. The van der Waals surface area contributed by atoms with Crippen molar-refractivity contribution < 1.29 is 20.1 Å². The van der Waals surface area contributed by atoms with E-state index in [0.29, 0.717) is 22.4 Å².